The molecular formula is C17H18BrNO. The number of hydrogen-bond acceptors (Lipinski definition) is 1. The van der Waals surface area contributed by atoms with Crippen LogP contribution in [0.5, 0.6) is 0 Å². The molecule has 104 valence electrons. The molecule has 2 nitrogen and oxygen atoms in total. The topological polar surface area (TPSA) is 29.1 Å². The van der Waals surface area contributed by atoms with Crippen LogP contribution in [-0.4, -0.2) is 12.5 Å². The van der Waals surface area contributed by atoms with Crippen LogP contribution in [0.3, 0.4) is 0 Å². The fraction of sp³-hybridized carbons (Fsp3) is 0.353. The molecule has 0 unspecified atom stereocenters. The van der Waals surface area contributed by atoms with E-state index in [0.29, 0.717) is 0 Å². The van der Waals surface area contributed by atoms with Crippen molar-refractivity contribution < 1.29 is 4.79 Å². The van der Waals surface area contributed by atoms with Crippen molar-refractivity contribution in [2.24, 2.45) is 5.92 Å². The second kappa shape index (κ2) is 5.96. The highest BCUT2D eigenvalue weighted by molar-refractivity contribution is 9.10. The maximum atomic E-state index is 12.1. The molecule has 1 aliphatic carbocycles. The van der Waals surface area contributed by atoms with Crippen LogP contribution >= 0.6 is 15.9 Å². The Morgan fingerprint density at radius 1 is 1.15 bits per heavy atom. The third kappa shape index (κ3) is 3.40. The van der Waals surface area contributed by atoms with Gasteiger partial charge >= 0.3 is 0 Å². The number of benzene rings is 2. The van der Waals surface area contributed by atoms with Gasteiger partial charge in [-0.3, -0.25) is 4.79 Å². The highest BCUT2D eigenvalue weighted by atomic mass is 79.9. The van der Waals surface area contributed by atoms with Gasteiger partial charge in [-0.15, -0.1) is 0 Å². The average Bonchev–Trinajstić information content (AvgIpc) is 3.27. The van der Waals surface area contributed by atoms with Crippen LogP contribution in [0.15, 0.2) is 40.9 Å². The van der Waals surface area contributed by atoms with E-state index in [0.717, 1.165) is 39.7 Å². The second-order valence-corrected chi connectivity index (χ2v) is 6.46. The van der Waals surface area contributed by atoms with Gasteiger partial charge in [0.15, 0.2) is 0 Å². The standard InChI is InChI=1S/C17H18BrNO/c18-16-8-7-13-10-15(6-5-14(13)11-16)17(20)19-9-1-2-12-3-4-12/h5-8,10-12H,1-4,9H2,(H,19,20). The third-order valence-corrected chi connectivity index (χ3v) is 4.33. The van der Waals surface area contributed by atoms with Gasteiger partial charge in [0.1, 0.15) is 0 Å². The Balaban J connectivity index is 1.62. The third-order valence-electron chi connectivity index (χ3n) is 3.84. The predicted octanol–water partition coefficient (Wildman–Crippen LogP) is 4.52. The van der Waals surface area contributed by atoms with E-state index in [9.17, 15) is 4.79 Å². The molecule has 0 aliphatic heterocycles. The summed E-state index contributed by atoms with van der Waals surface area (Å²) in [6.07, 6.45) is 5.12. The lowest BCUT2D eigenvalue weighted by atomic mass is 10.1. The summed E-state index contributed by atoms with van der Waals surface area (Å²) < 4.78 is 1.06. The quantitative estimate of drug-likeness (QED) is 0.801. The van der Waals surface area contributed by atoms with Gasteiger partial charge < -0.3 is 5.32 Å². The molecular weight excluding hydrogens is 314 g/mol. The number of nitrogens with one attached hydrogen (secondary N) is 1. The maximum absolute atomic E-state index is 12.1. The molecule has 0 atom stereocenters. The summed E-state index contributed by atoms with van der Waals surface area (Å²) in [6, 6.07) is 11.9. The molecule has 1 aliphatic rings. The largest absolute Gasteiger partial charge is 0.352 e. The Bertz CT molecular complexity index is 634. The summed E-state index contributed by atoms with van der Waals surface area (Å²) in [5.41, 5.74) is 0.742. The summed E-state index contributed by atoms with van der Waals surface area (Å²) in [6.45, 7) is 0.785. The first-order valence-electron chi connectivity index (χ1n) is 7.20. The minimum atomic E-state index is 0.0330. The van der Waals surface area contributed by atoms with Gasteiger partial charge in [0.25, 0.3) is 5.91 Å². The fourth-order valence-corrected chi connectivity index (χ4v) is 2.84. The molecule has 1 N–H and O–H groups in total. The summed E-state index contributed by atoms with van der Waals surface area (Å²) in [5, 5.41) is 5.25. The molecule has 0 spiro atoms. The molecule has 1 saturated carbocycles. The van der Waals surface area contributed by atoms with Crippen LogP contribution < -0.4 is 5.32 Å². The van der Waals surface area contributed by atoms with Crippen LogP contribution in [0.4, 0.5) is 0 Å². The van der Waals surface area contributed by atoms with Crippen LogP contribution in [0.2, 0.25) is 0 Å². The first kappa shape index (κ1) is 13.6. The number of carbonyl (C=O) groups excluding carboxylic acids is 1. The molecule has 1 fully saturated rings. The van der Waals surface area contributed by atoms with Crippen LogP contribution in [-0.2, 0) is 0 Å². The molecule has 2 aromatic rings. The number of hydrogen-bond donors (Lipinski definition) is 1. The SMILES string of the molecule is O=C(NCCCC1CC1)c1ccc2cc(Br)ccc2c1. The summed E-state index contributed by atoms with van der Waals surface area (Å²) in [4.78, 5) is 12.1. The lowest BCUT2D eigenvalue weighted by Crippen LogP contribution is -2.24. The van der Waals surface area contributed by atoms with E-state index in [4.69, 9.17) is 0 Å². The number of amides is 1. The maximum Gasteiger partial charge on any atom is 0.251 e. The molecule has 3 heteroatoms. The van der Waals surface area contributed by atoms with E-state index in [-0.39, 0.29) is 5.91 Å². The smallest absolute Gasteiger partial charge is 0.251 e. The van der Waals surface area contributed by atoms with Crippen LogP contribution in [0.1, 0.15) is 36.0 Å². The first-order valence-corrected chi connectivity index (χ1v) is 7.99. The van der Waals surface area contributed by atoms with Gasteiger partial charge in [-0.25, -0.2) is 0 Å². The van der Waals surface area contributed by atoms with E-state index in [1.807, 2.05) is 30.3 Å². The lowest BCUT2D eigenvalue weighted by molar-refractivity contribution is 0.0953. The summed E-state index contributed by atoms with van der Waals surface area (Å²) in [7, 11) is 0. The molecule has 3 rings (SSSR count). The zero-order valence-electron chi connectivity index (χ0n) is 11.4. The molecule has 0 saturated heterocycles. The monoisotopic (exact) mass is 331 g/mol. The van der Waals surface area contributed by atoms with Gasteiger partial charge in [-0.2, -0.15) is 0 Å². The molecule has 0 aromatic heterocycles. The van der Waals surface area contributed by atoms with E-state index < -0.39 is 0 Å². The van der Waals surface area contributed by atoms with Gasteiger partial charge in [0.05, 0.1) is 0 Å². The zero-order valence-corrected chi connectivity index (χ0v) is 12.9. The normalized spacial score (nSPS) is 14.4. The number of halogens is 1. The summed E-state index contributed by atoms with van der Waals surface area (Å²) in [5.74, 6) is 0.969. The van der Waals surface area contributed by atoms with Crippen molar-refractivity contribution in [2.75, 3.05) is 6.54 Å². The van der Waals surface area contributed by atoms with Crippen molar-refractivity contribution in [3.05, 3.63) is 46.4 Å². The van der Waals surface area contributed by atoms with E-state index in [1.54, 1.807) is 0 Å². The Morgan fingerprint density at radius 3 is 2.70 bits per heavy atom. The van der Waals surface area contributed by atoms with Gasteiger partial charge in [-0.1, -0.05) is 40.9 Å². The van der Waals surface area contributed by atoms with Crippen molar-refractivity contribution in [2.45, 2.75) is 25.7 Å². The van der Waals surface area contributed by atoms with E-state index >= 15 is 0 Å². The minimum Gasteiger partial charge on any atom is -0.352 e. The first-order chi connectivity index (χ1) is 9.72. The Hall–Kier alpha value is -1.35. The van der Waals surface area contributed by atoms with Crippen LogP contribution in [0, 0.1) is 5.92 Å². The van der Waals surface area contributed by atoms with E-state index in [2.05, 4.69) is 27.3 Å². The summed E-state index contributed by atoms with van der Waals surface area (Å²) >= 11 is 3.46. The van der Waals surface area contributed by atoms with Gasteiger partial charge in [0, 0.05) is 16.6 Å². The van der Waals surface area contributed by atoms with Crippen molar-refractivity contribution in [1.29, 1.82) is 0 Å². The van der Waals surface area contributed by atoms with Gasteiger partial charge in [-0.05, 0) is 53.8 Å². The number of rotatable bonds is 5. The Labute approximate surface area is 127 Å². The average molecular weight is 332 g/mol. The van der Waals surface area contributed by atoms with Crippen molar-refractivity contribution in [3.8, 4) is 0 Å². The Morgan fingerprint density at radius 2 is 1.90 bits per heavy atom. The Kier molecular flexibility index (Phi) is 4.06. The van der Waals surface area contributed by atoms with E-state index in [1.165, 1.54) is 19.3 Å². The molecule has 2 aromatic carbocycles. The molecule has 20 heavy (non-hydrogen) atoms. The molecule has 0 bridgehead atoms. The van der Waals surface area contributed by atoms with Gasteiger partial charge in [0.2, 0.25) is 0 Å². The zero-order chi connectivity index (χ0) is 13.9. The minimum absolute atomic E-state index is 0.0330. The fourth-order valence-electron chi connectivity index (χ4n) is 2.46. The molecule has 0 radical (unpaired) electrons. The number of fused-ring (bicyclic) bond motifs is 1. The van der Waals surface area contributed by atoms with Crippen LogP contribution in [0.25, 0.3) is 10.8 Å². The molecule has 0 heterocycles. The highest BCUT2D eigenvalue weighted by Crippen LogP contribution is 2.33. The molecule has 1 amide bonds. The predicted molar refractivity (Wildman–Crippen MR) is 85.9 cm³/mol. The van der Waals surface area contributed by atoms with Crippen molar-refractivity contribution in [1.82, 2.24) is 5.32 Å². The highest BCUT2D eigenvalue weighted by Gasteiger charge is 2.20. The lowest BCUT2D eigenvalue weighted by Gasteiger charge is -2.06. The second-order valence-electron chi connectivity index (χ2n) is 5.55. The number of carbonyl (C=O) groups is 1. The van der Waals surface area contributed by atoms with Crippen molar-refractivity contribution >= 4 is 32.6 Å². The van der Waals surface area contributed by atoms with Crippen molar-refractivity contribution in [3.63, 3.8) is 0 Å².